The normalized spacial score (nSPS) is 10.7. The van der Waals surface area contributed by atoms with Crippen molar-refractivity contribution in [2.45, 2.75) is 18.2 Å². The molecule has 1 amide bonds. The maximum atomic E-state index is 12.8. The Morgan fingerprint density at radius 3 is 2.78 bits per heavy atom. The van der Waals surface area contributed by atoms with Crippen molar-refractivity contribution in [3.8, 4) is 5.75 Å². The summed E-state index contributed by atoms with van der Waals surface area (Å²) in [6.07, 6.45) is 1.58. The van der Waals surface area contributed by atoms with Crippen LogP contribution in [-0.4, -0.2) is 39.4 Å². The summed E-state index contributed by atoms with van der Waals surface area (Å²) in [4.78, 5) is 41.0. The van der Waals surface area contributed by atoms with Crippen LogP contribution in [-0.2, 0) is 17.9 Å². The predicted molar refractivity (Wildman–Crippen MR) is 124 cm³/mol. The van der Waals surface area contributed by atoms with Crippen LogP contribution < -0.4 is 15.6 Å². The van der Waals surface area contributed by atoms with Gasteiger partial charge in [0.05, 0.1) is 23.8 Å². The minimum Gasteiger partial charge on any atom is -0.496 e. The van der Waals surface area contributed by atoms with Gasteiger partial charge in [0.1, 0.15) is 11.3 Å². The fourth-order valence-corrected chi connectivity index (χ4v) is 4.00. The highest BCUT2D eigenvalue weighted by Crippen LogP contribution is 2.21. The minimum absolute atomic E-state index is 0.0162. The number of hydrogen-bond donors (Lipinski definition) is 2. The number of nitrogens with one attached hydrogen (secondary N) is 1. The maximum Gasteiger partial charge on any atom is 0.339 e. The molecule has 0 saturated heterocycles. The summed E-state index contributed by atoms with van der Waals surface area (Å²) in [6.45, 7) is 4.06. The summed E-state index contributed by atoms with van der Waals surface area (Å²) in [6, 6.07) is 9.54. The van der Waals surface area contributed by atoms with Crippen molar-refractivity contribution in [3.05, 3.63) is 75.6 Å². The number of carboxylic acid groups (broad SMARTS) is 1. The molecule has 1 heterocycles. The largest absolute Gasteiger partial charge is 0.496 e. The highest BCUT2D eigenvalue weighted by molar-refractivity contribution is 7.99. The molecule has 0 radical (unpaired) electrons. The fraction of sp³-hybridized carbons (Fsp3) is 0.182. The topological polar surface area (TPSA) is 111 Å². The Kier molecular flexibility index (Phi) is 7.55. The Morgan fingerprint density at radius 2 is 2.09 bits per heavy atom. The zero-order valence-electron chi connectivity index (χ0n) is 17.1. The quantitative estimate of drug-likeness (QED) is 0.278. The first kappa shape index (κ1) is 23.4. The number of carbonyl (C=O) groups is 2. The van der Waals surface area contributed by atoms with Crippen LogP contribution in [0.2, 0.25) is 5.02 Å². The second-order valence-corrected chi connectivity index (χ2v) is 8.04. The number of nitrogens with zero attached hydrogens (tertiary/aromatic N) is 2. The van der Waals surface area contributed by atoms with Gasteiger partial charge in [0.2, 0.25) is 5.91 Å². The monoisotopic (exact) mass is 473 g/mol. The lowest BCUT2D eigenvalue weighted by molar-refractivity contribution is -0.118. The highest BCUT2D eigenvalue weighted by atomic mass is 35.5. The average molecular weight is 474 g/mol. The van der Waals surface area contributed by atoms with Crippen LogP contribution in [0.5, 0.6) is 5.75 Å². The number of allylic oxidation sites excluding steroid dienone is 1. The number of rotatable bonds is 9. The third kappa shape index (κ3) is 5.30. The molecule has 32 heavy (non-hydrogen) atoms. The van der Waals surface area contributed by atoms with E-state index in [1.54, 1.807) is 36.4 Å². The van der Waals surface area contributed by atoms with Gasteiger partial charge in [0.15, 0.2) is 5.16 Å². The number of halogens is 1. The van der Waals surface area contributed by atoms with Crippen molar-refractivity contribution in [3.63, 3.8) is 0 Å². The van der Waals surface area contributed by atoms with Gasteiger partial charge in [0.25, 0.3) is 5.56 Å². The summed E-state index contributed by atoms with van der Waals surface area (Å²) in [5.74, 6) is -1.15. The van der Waals surface area contributed by atoms with Crippen molar-refractivity contribution in [2.75, 3.05) is 12.9 Å². The summed E-state index contributed by atoms with van der Waals surface area (Å²) in [5.41, 5.74) is 0.857. The third-order valence-corrected chi connectivity index (χ3v) is 5.72. The van der Waals surface area contributed by atoms with Gasteiger partial charge < -0.3 is 15.2 Å². The summed E-state index contributed by atoms with van der Waals surface area (Å²) in [5, 5.41) is 13.2. The second-order valence-electron chi connectivity index (χ2n) is 6.67. The molecule has 3 rings (SSSR count). The number of carboxylic acids is 1. The van der Waals surface area contributed by atoms with Crippen LogP contribution in [0.25, 0.3) is 10.9 Å². The molecule has 0 spiro atoms. The number of aromatic carboxylic acids is 1. The van der Waals surface area contributed by atoms with Crippen molar-refractivity contribution in [1.82, 2.24) is 14.9 Å². The number of aromatic nitrogens is 2. The van der Waals surface area contributed by atoms with E-state index in [2.05, 4.69) is 16.9 Å². The molecule has 0 unspecified atom stereocenters. The van der Waals surface area contributed by atoms with Gasteiger partial charge >= 0.3 is 5.97 Å². The van der Waals surface area contributed by atoms with E-state index in [0.717, 1.165) is 11.8 Å². The number of carbonyl (C=O) groups excluding carboxylic acids is 1. The molecule has 0 atom stereocenters. The molecule has 8 nitrogen and oxygen atoms in total. The predicted octanol–water partition coefficient (Wildman–Crippen LogP) is 3.35. The lowest BCUT2D eigenvalue weighted by Crippen LogP contribution is -2.26. The van der Waals surface area contributed by atoms with Crippen molar-refractivity contribution < 1.29 is 19.4 Å². The molecule has 0 saturated carbocycles. The zero-order chi connectivity index (χ0) is 23.3. The van der Waals surface area contributed by atoms with E-state index in [9.17, 15) is 19.5 Å². The Balaban J connectivity index is 1.72. The van der Waals surface area contributed by atoms with E-state index in [-0.39, 0.29) is 41.6 Å². The summed E-state index contributed by atoms with van der Waals surface area (Å²) < 4.78 is 6.47. The van der Waals surface area contributed by atoms with Crippen LogP contribution in [0.1, 0.15) is 15.9 Å². The number of ether oxygens (including phenoxy) is 1. The van der Waals surface area contributed by atoms with Crippen LogP contribution in [0, 0.1) is 0 Å². The van der Waals surface area contributed by atoms with Crippen molar-refractivity contribution in [1.29, 1.82) is 0 Å². The number of benzene rings is 2. The van der Waals surface area contributed by atoms with Crippen LogP contribution in [0.4, 0.5) is 0 Å². The second kappa shape index (κ2) is 10.3. The van der Waals surface area contributed by atoms with Gasteiger partial charge in [-0.05, 0) is 35.9 Å². The number of hydrogen-bond acceptors (Lipinski definition) is 6. The van der Waals surface area contributed by atoms with Gasteiger partial charge in [-0.1, -0.05) is 35.5 Å². The molecule has 3 aromatic rings. The van der Waals surface area contributed by atoms with Gasteiger partial charge in [-0.3, -0.25) is 14.2 Å². The third-order valence-electron chi connectivity index (χ3n) is 4.51. The van der Waals surface area contributed by atoms with Crippen LogP contribution in [0.15, 0.2) is 59.0 Å². The summed E-state index contributed by atoms with van der Waals surface area (Å²) >= 11 is 7.12. The van der Waals surface area contributed by atoms with Crippen molar-refractivity contribution in [2.24, 2.45) is 0 Å². The Bertz CT molecular complexity index is 1260. The smallest absolute Gasteiger partial charge is 0.339 e. The molecule has 10 heteroatoms. The number of fused-ring (bicyclic) bond motifs is 1. The number of thioether (sulfide) groups is 1. The molecule has 166 valence electrons. The van der Waals surface area contributed by atoms with E-state index >= 15 is 0 Å². The van der Waals surface area contributed by atoms with Crippen molar-refractivity contribution >= 4 is 46.1 Å². The molecule has 0 bridgehead atoms. The number of methoxy groups -OCH3 is 1. The van der Waals surface area contributed by atoms with Crippen LogP contribution in [0.3, 0.4) is 0 Å². The standard InChI is InChI=1S/C22H20ClN3O5S/c1-3-8-26-20(28)15-10-14(23)5-6-17(15)25-22(26)32-12-19(27)24-11-13-4-7-18(31-2)16(9-13)21(29)30/h3-7,9-10H,1,8,11-12H2,2H3,(H,24,27)(H,29,30). The Hall–Kier alpha value is -3.30. The first-order valence-corrected chi connectivity index (χ1v) is 10.8. The molecular weight excluding hydrogens is 454 g/mol. The van der Waals surface area contributed by atoms with Crippen LogP contribution >= 0.6 is 23.4 Å². The van der Waals surface area contributed by atoms with E-state index in [4.69, 9.17) is 16.3 Å². The molecule has 0 aliphatic heterocycles. The minimum atomic E-state index is -1.12. The Labute approximate surface area is 192 Å². The van der Waals surface area contributed by atoms with Gasteiger partial charge in [-0.2, -0.15) is 0 Å². The van der Waals surface area contributed by atoms with Gasteiger partial charge in [0, 0.05) is 18.1 Å². The summed E-state index contributed by atoms with van der Waals surface area (Å²) in [7, 11) is 1.39. The van der Waals surface area contributed by atoms with E-state index < -0.39 is 5.97 Å². The first-order valence-electron chi connectivity index (χ1n) is 9.44. The fourth-order valence-electron chi connectivity index (χ4n) is 2.99. The lowest BCUT2D eigenvalue weighted by atomic mass is 10.1. The molecule has 1 aromatic heterocycles. The molecular formula is C22H20ClN3O5S. The Morgan fingerprint density at radius 1 is 1.31 bits per heavy atom. The zero-order valence-corrected chi connectivity index (χ0v) is 18.7. The lowest BCUT2D eigenvalue weighted by Gasteiger charge is -2.12. The number of amides is 1. The molecule has 0 aliphatic rings. The van der Waals surface area contributed by atoms with E-state index in [1.807, 2.05) is 0 Å². The molecule has 2 N–H and O–H groups in total. The molecule has 0 aliphatic carbocycles. The van der Waals surface area contributed by atoms with Gasteiger partial charge in [-0.15, -0.1) is 6.58 Å². The average Bonchev–Trinajstić information content (AvgIpc) is 2.78. The molecule has 2 aromatic carbocycles. The van der Waals surface area contributed by atoms with E-state index in [0.29, 0.717) is 26.6 Å². The van der Waals surface area contributed by atoms with Gasteiger partial charge in [-0.25, -0.2) is 9.78 Å². The maximum absolute atomic E-state index is 12.8. The first-order chi connectivity index (χ1) is 15.3. The highest BCUT2D eigenvalue weighted by Gasteiger charge is 2.14. The molecule has 0 fully saturated rings. The SMILES string of the molecule is C=CCn1c(SCC(=O)NCc2ccc(OC)c(C(=O)O)c2)nc2ccc(Cl)cc2c1=O. The van der Waals surface area contributed by atoms with E-state index in [1.165, 1.54) is 17.7 Å².